The van der Waals surface area contributed by atoms with Crippen molar-refractivity contribution in [3.05, 3.63) is 59.3 Å². The first-order chi connectivity index (χ1) is 18.4. The molecule has 3 aromatic rings. The lowest BCUT2D eigenvalue weighted by Gasteiger charge is -2.23. The second-order valence-electron chi connectivity index (χ2n) is 9.80. The van der Waals surface area contributed by atoms with Gasteiger partial charge in [0.05, 0.1) is 36.3 Å². The van der Waals surface area contributed by atoms with Crippen LogP contribution in [0.4, 0.5) is 17.3 Å². The van der Waals surface area contributed by atoms with Gasteiger partial charge in [-0.15, -0.1) is 0 Å². The highest BCUT2D eigenvalue weighted by Gasteiger charge is 2.36. The number of benzene rings is 2. The molecule has 4 N–H and O–H groups in total. The third kappa shape index (κ3) is 4.98. The number of hydrogen-bond acceptors (Lipinski definition) is 9. The van der Waals surface area contributed by atoms with Crippen LogP contribution in [0.1, 0.15) is 41.3 Å². The lowest BCUT2D eigenvalue weighted by Crippen LogP contribution is -2.38. The predicted molar refractivity (Wildman–Crippen MR) is 143 cm³/mol. The van der Waals surface area contributed by atoms with Crippen LogP contribution in [-0.4, -0.2) is 60.5 Å². The van der Waals surface area contributed by atoms with Crippen LogP contribution in [0.2, 0.25) is 0 Å². The third-order valence-corrected chi connectivity index (χ3v) is 7.13. The second-order valence-corrected chi connectivity index (χ2v) is 9.80. The number of fused-ring (bicyclic) bond motifs is 1. The Morgan fingerprint density at radius 3 is 2.84 bits per heavy atom. The SMILES string of the molecule is COc1cc(C(=O)NC2CCOCC2)ccc1Nc1nccc(-c2cc(C#N)c3c(c2)C(C)(CO)CN3)n1. The van der Waals surface area contributed by atoms with Gasteiger partial charge in [-0.25, -0.2) is 9.97 Å². The molecule has 3 heterocycles. The van der Waals surface area contributed by atoms with Crippen LogP contribution >= 0.6 is 0 Å². The monoisotopic (exact) mass is 514 g/mol. The van der Waals surface area contributed by atoms with Crippen molar-refractivity contribution < 1.29 is 19.4 Å². The first kappa shape index (κ1) is 25.4. The molecule has 1 amide bonds. The smallest absolute Gasteiger partial charge is 0.251 e. The summed E-state index contributed by atoms with van der Waals surface area (Å²) in [6, 6.07) is 13.0. The highest BCUT2D eigenvalue weighted by molar-refractivity contribution is 5.95. The van der Waals surface area contributed by atoms with E-state index in [-0.39, 0.29) is 18.6 Å². The molecule has 2 aromatic carbocycles. The van der Waals surface area contributed by atoms with E-state index in [2.05, 4.69) is 32.0 Å². The van der Waals surface area contributed by atoms with Crippen molar-refractivity contribution in [3.8, 4) is 23.1 Å². The summed E-state index contributed by atoms with van der Waals surface area (Å²) in [5.41, 5.74) is 4.13. The molecule has 0 spiro atoms. The Balaban J connectivity index is 1.39. The van der Waals surface area contributed by atoms with E-state index in [9.17, 15) is 15.2 Å². The number of nitrogens with zero attached hydrogens (tertiary/aromatic N) is 3. The van der Waals surface area contributed by atoms with Gasteiger partial charge in [0.2, 0.25) is 5.95 Å². The van der Waals surface area contributed by atoms with Gasteiger partial charge in [0, 0.05) is 48.5 Å². The number of aromatic nitrogens is 2. The normalized spacial score (nSPS) is 18.7. The number of anilines is 3. The fraction of sp³-hybridized carbons (Fsp3) is 0.357. The molecule has 0 bridgehead atoms. The number of methoxy groups -OCH3 is 1. The molecule has 196 valence electrons. The van der Waals surface area contributed by atoms with Gasteiger partial charge in [-0.2, -0.15) is 5.26 Å². The summed E-state index contributed by atoms with van der Waals surface area (Å²) in [5.74, 6) is 0.657. The van der Waals surface area contributed by atoms with Crippen LogP contribution in [0, 0.1) is 11.3 Å². The fourth-order valence-electron chi connectivity index (χ4n) is 4.81. The Labute approximate surface area is 221 Å². The maximum Gasteiger partial charge on any atom is 0.251 e. The molecule has 1 saturated heterocycles. The number of nitrogens with one attached hydrogen (secondary N) is 3. The van der Waals surface area contributed by atoms with Crippen LogP contribution in [0.5, 0.6) is 5.75 Å². The Bertz CT molecular complexity index is 1400. The highest BCUT2D eigenvalue weighted by atomic mass is 16.5. The van der Waals surface area contributed by atoms with E-state index in [1.54, 1.807) is 36.5 Å². The van der Waals surface area contributed by atoms with Gasteiger partial charge in [-0.05, 0) is 54.8 Å². The van der Waals surface area contributed by atoms with Crippen molar-refractivity contribution in [2.75, 3.05) is 44.1 Å². The molecule has 10 nitrogen and oxygen atoms in total. The first-order valence-corrected chi connectivity index (χ1v) is 12.5. The summed E-state index contributed by atoms with van der Waals surface area (Å²) in [7, 11) is 1.54. The van der Waals surface area contributed by atoms with Crippen LogP contribution in [0.25, 0.3) is 11.3 Å². The van der Waals surface area contributed by atoms with Crippen molar-refractivity contribution in [2.24, 2.45) is 0 Å². The average molecular weight is 515 g/mol. The van der Waals surface area contributed by atoms with Gasteiger partial charge in [-0.3, -0.25) is 4.79 Å². The van der Waals surface area contributed by atoms with Crippen LogP contribution in [0.3, 0.4) is 0 Å². The van der Waals surface area contributed by atoms with E-state index < -0.39 is 5.41 Å². The number of aliphatic hydroxyl groups excluding tert-OH is 1. The molecule has 0 aliphatic carbocycles. The number of carbonyl (C=O) groups excluding carboxylic acids is 1. The standard InChI is InChI=1S/C28H30N6O4/c1-28(16-35)15-31-25-19(14-29)11-18(12-21(25)28)22-5-8-30-27(33-22)34-23-4-3-17(13-24(23)37-2)26(36)32-20-6-9-38-10-7-20/h3-5,8,11-13,20,31,35H,6-7,9-10,15-16H2,1-2H3,(H,32,36)(H,30,33,34). The minimum atomic E-state index is -0.489. The molecule has 1 fully saturated rings. The van der Waals surface area contributed by atoms with Crippen LogP contribution in [-0.2, 0) is 10.2 Å². The Morgan fingerprint density at radius 1 is 1.29 bits per heavy atom. The summed E-state index contributed by atoms with van der Waals surface area (Å²) in [4.78, 5) is 21.8. The summed E-state index contributed by atoms with van der Waals surface area (Å²) < 4.78 is 10.9. The van der Waals surface area contributed by atoms with E-state index >= 15 is 0 Å². The van der Waals surface area contributed by atoms with E-state index in [0.29, 0.717) is 54.0 Å². The fourth-order valence-corrected chi connectivity index (χ4v) is 4.81. The highest BCUT2D eigenvalue weighted by Crippen LogP contribution is 2.41. The summed E-state index contributed by atoms with van der Waals surface area (Å²) in [6.45, 7) is 3.77. The van der Waals surface area contributed by atoms with Crippen LogP contribution in [0.15, 0.2) is 42.6 Å². The number of hydrogen-bond donors (Lipinski definition) is 4. The number of aliphatic hydroxyl groups is 1. The van der Waals surface area contributed by atoms with Gasteiger partial charge in [0.15, 0.2) is 0 Å². The zero-order chi connectivity index (χ0) is 26.7. The maximum absolute atomic E-state index is 12.8. The Morgan fingerprint density at radius 2 is 2.11 bits per heavy atom. The molecule has 38 heavy (non-hydrogen) atoms. The lowest BCUT2D eigenvalue weighted by atomic mass is 9.83. The Hall–Kier alpha value is -4.20. The summed E-state index contributed by atoms with van der Waals surface area (Å²) in [6.07, 6.45) is 3.23. The number of rotatable bonds is 7. The summed E-state index contributed by atoms with van der Waals surface area (Å²) >= 11 is 0. The molecule has 2 aliphatic rings. The zero-order valence-corrected chi connectivity index (χ0v) is 21.4. The largest absolute Gasteiger partial charge is 0.495 e. The Kier molecular flexibility index (Phi) is 7.13. The number of nitriles is 1. The molecule has 5 rings (SSSR count). The van der Waals surface area contributed by atoms with E-state index in [1.807, 2.05) is 13.0 Å². The van der Waals surface area contributed by atoms with E-state index in [1.165, 1.54) is 7.11 Å². The summed E-state index contributed by atoms with van der Waals surface area (Å²) in [5, 5.41) is 29.2. The first-order valence-electron chi connectivity index (χ1n) is 12.5. The minimum absolute atomic E-state index is 0.0409. The van der Waals surface area contributed by atoms with Gasteiger partial charge in [-0.1, -0.05) is 6.92 Å². The molecule has 10 heteroatoms. The molecule has 2 aliphatic heterocycles. The van der Waals surface area contributed by atoms with Crippen molar-refractivity contribution in [1.29, 1.82) is 5.26 Å². The quantitative estimate of drug-likeness (QED) is 0.373. The second kappa shape index (κ2) is 10.7. The predicted octanol–water partition coefficient (Wildman–Crippen LogP) is 3.35. The van der Waals surface area contributed by atoms with Gasteiger partial charge < -0.3 is 30.5 Å². The minimum Gasteiger partial charge on any atom is -0.495 e. The van der Waals surface area contributed by atoms with E-state index in [0.717, 1.165) is 29.7 Å². The number of carbonyl (C=O) groups is 1. The molecule has 0 saturated carbocycles. The van der Waals surface area contributed by atoms with Crippen molar-refractivity contribution in [2.45, 2.75) is 31.2 Å². The van der Waals surface area contributed by atoms with Gasteiger partial charge >= 0.3 is 0 Å². The van der Waals surface area contributed by atoms with E-state index in [4.69, 9.17) is 9.47 Å². The number of amides is 1. The molecule has 1 unspecified atom stereocenters. The van der Waals surface area contributed by atoms with Crippen molar-refractivity contribution >= 4 is 23.2 Å². The molecular weight excluding hydrogens is 484 g/mol. The average Bonchev–Trinajstić information content (AvgIpc) is 3.30. The molecule has 1 aromatic heterocycles. The van der Waals surface area contributed by atoms with Crippen molar-refractivity contribution in [1.82, 2.24) is 15.3 Å². The topological polar surface area (TPSA) is 141 Å². The van der Waals surface area contributed by atoms with Gasteiger partial charge in [0.1, 0.15) is 11.8 Å². The maximum atomic E-state index is 12.8. The third-order valence-electron chi connectivity index (χ3n) is 7.13. The molecule has 1 atom stereocenters. The zero-order valence-electron chi connectivity index (χ0n) is 21.4. The lowest BCUT2D eigenvalue weighted by molar-refractivity contribution is 0.0696. The molecule has 0 radical (unpaired) electrons. The van der Waals surface area contributed by atoms with Crippen molar-refractivity contribution in [3.63, 3.8) is 0 Å². The van der Waals surface area contributed by atoms with Gasteiger partial charge in [0.25, 0.3) is 5.91 Å². The molecular formula is C28H30N6O4. The van der Waals surface area contributed by atoms with Crippen LogP contribution < -0.4 is 20.7 Å². The number of ether oxygens (including phenoxy) is 2.